The third-order valence-electron chi connectivity index (χ3n) is 2.55. The van der Waals surface area contributed by atoms with Crippen molar-refractivity contribution in [3.63, 3.8) is 0 Å². The summed E-state index contributed by atoms with van der Waals surface area (Å²) in [4.78, 5) is 0. The molecule has 1 aromatic heterocycles. The van der Waals surface area contributed by atoms with E-state index in [0.717, 1.165) is 17.3 Å². The number of furan rings is 1. The standard InChI is InChI=1S/C13H10O/c1-2-6-10-11-7-4-5-9-13(11)14-12(10)8-3-1/h1-6,8-9H,7H2. The molecule has 0 aromatic carbocycles. The fourth-order valence-electron chi connectivity index (χ4n) is 1.87. The van der Waals surface area contributed by atoms with Crippen LogP contribution >= 0.6 is 0 Å². The lowest BCUT2D eigenvalue weighted by Crippen LogP contribution is -2.05. The van der Waals surface area contributed by atoms with Gasteiger partial charge in [0.25, 0.3) is 0 Å². The normalized spacial score (nSPS) is 16.6. The molecular weight excluding hydrogens is 172 g/mol. The predicted molar refractivity (Wildman–Crippen MR) is 57.9 cm³/mol. The highest BCUT2D eigenvalue weighted by atomic mass is 16.3. The molecule has 0 bridgehead atoms. The molecule has 0 saturated carbocycles. The summed E-state index contributed by atoms with van der Waals surface area (Å²) in [6.07, 6.45) is 17.4. The largest absolute Gasteiger partial charge is 0.456 e. The number of hydrogen-bond acceptors (Lipinski definition) is 1. The Bertz CT molecular complexity index is 565. The summed E-state index contributed by atoms with van der Waals surface area (Å²) in [6, 6.07) is 0. The molecule has 2 aliphatic carbocycles. The molecule has 0 unspecified atom stereocenters. The Balaban J connectivity index is 2.40. The Morgan fingerprint density at radius 2 is 1.86 bits per heavy atom. The molecule has 0 aliphatic heterocycles. The molecule has 0 amide bonds. The summed E-state index contributed by atoms with van der Waals surface area (Å²) in [5.74, 6) is 0. The Kier molecular flexibility index (Phi) is 1.57. The monoisotopic (exact) mass is 182 g/mol. The minimum absolute atomic E-state index is 0.972. The van der Waals surface area contributed by atoms with E-state index in [1.165, 1.54) is 11.1 Å². The summed E-state index contributed by atoms with van der Waals surface area (Å²) >= 11 is 0. The molecule has 0 radical (unpaired) electrons. The zero-order chi connectivity index (χ0) is 9.38. The zero-order valence-electron chi connectivity index (χ0n) is 7.73. The van der Waals surface area contributed by atoms with Crippen LogP contribution in [-0.2, 0) is 6.42 Å². The van der Waals surface area contributed by atoms with Gasteiger partial charge in [0.05, 0.1) is 0 Å². The minimum Gasteiger partial charge on any atom is -0.456 e. The third kappa shape index (κ3) is 1.02. The maximum Gasteiger partial charge on any atom is 0.135 e. The van der Waals surface area contributed by atoms with Crippen LogP contribution in [0, 0.1) is 0 Å². The van der Waals surface area contributed by atoms with Crippen LogP contribution in [0.5, 0.6) is 0 Å². The first-order chi connectivity index (χ1) is 6.95. The van der Waals surface area contributed by atoms with E-state index in [4.69, 9.17) is 4.42 Å². The van der Waals surface area contributed by atoms with E-state index in [0.29, 0.717) is 0 Å². The lowest BCUT2D eigenvalue weighted by Gasteiger charge is -1.96. The first kappa shape index (κ1) is 7.63. The van der Waals surface area contributed by atoms with E-state index in [1.54, 1.807) is 0 Å². The first-order valence-electron chi connectivity index (χ1n) is 4.79. The van der Waals surface area contributed by atoms with Gasteiger partial charge in [-0.25, -0.2) is 0 Å². The third-order valence-corrected chi connectivity index (χ3v) is 2.55. The van der Waals surface area contributed by atoms with Crippen molar-refractivity contribution >= 4 is 18.2 Å². The second kappa shape index (κ2) is 2.88. The van der Waals surface area contributed by atoms with Gasteiger partial charge in [0, 0.05) is 11.1 Å². The number of allylic oxidation sites excluding steroid dienone is 5. The van der Waals surface area contributed by atoms with Crippen LogP contribution in [0.25, 0.3) is 18.2 Å². The molecule has 1 nitrogen and oxygen atoms in total. The highest BCUT2D eigenvalue weighted by molar-refractivity contribution is 5.62. The van der Waals surface area contributed by atoms with Gasteiger partial charge < -0.3 is 4.42 Å². The summed E-state index contributed by atoms with van der Waals surface area (Å²) in [7, 11) is 0. The lowest BCUT2D eigenvalue weighted by atomic mass is 10.1. The van der Waals surface area contributed by atoms with Gasteiger partial charge in [0.15, 0.2) is 0 Å². The van der Waals surface area contributed by atoms with Crippen molar-refractivity contribution in [2.45, 2.75) is 6.42 Å². The smallest absolute Gasteiger partial charge is 0.135 e. The van der Waals surface area contributed by atoms with Crippen LogP contribution in [0.1, 0.15) is 11.1 Å². The van der Waals surface area contributed by atoms with E-state index < -0.39 is 0 Å². The molecule has 3 rings (SSSR count). The molecule has 0 N–H and O–H groups in total. The van der Waals surface area contributed by atoms with Crippen molar-refractivity contribution in [1.82, 2.24) is 0 Å². The quantitative estimate of drug-likeness (QED) is 0.593. The molecule has 0 spiro atoms. The van der Waals surface area contributed by atoms with Crippen molar-refractivity contribution in [2.75, 3.05) is 0 Å². The molecule has 0 saturated heterocycles. The van der Waals surface area contributed by atoms with Crippen LogP contribution in [-0.4, -0.2) is 0 Å². The van der Waals surface area contributed by atoms with Crippen LogP contribution in [0.3, 0.4) is 0 Å². The first-order valence-corrected chi connectivity index (χ1v) is 4.79. The zero-order valence-corrected chi connectivity index (χ0v) is 7.73. The van der Waals surface area contributed by atoms with E-state index >= 15 is 0 Å². The molecule has 1 aromatic rings. The second-order valence-corrected chi connectivity index (χ2v) is 3.43. The Hall–Kier alpha value is -1.76. The summed E-state index contributed by atoms with van der Waals surface area (Å²) in [5, 5.41) is 0. The Morgan fingerprint density at radius 3 is 2.86 bits per heavy atom. The van der Waals surface area contributed by atoms with Crippen molar-refractivity contribution < 1.29 is 4.42 Å². The van der Waals surface area contributed by atoms with Gasteiger partial charge >= 0.3 is 0 Å². The van der Waals surface area contributed by atoms with Crippen LogP contribution in [0.2, 0.25) is 0 Å². The molecule has 2 aliphatic rings. The van der Waals surface area contributed by atoms with Crippen molar-refractivity contribution in [3.8, 4) is 0 Å². The minimum atomic E-state index is 0.972. The summed E-state index contributed by atoms with van der Waals surface area (Å²) < 4.78 is 5.74. The van der Waals surface area contributed by atoms with Gasteiger partial charge in [-0.05, 0) is 18.6 Å². The Morgan fingerprint density at radius 1 is 0.929 bits per heavy atom. The molecule has 0 fully saturated rings. The fraction of sp³-hybridized carbons (Fsp3) is 0.0769. The molecule has 1 heterocycles. The van der Waals surface area contributed by atoms with Gasteiger partial charge in [-0.3, -0.25) is 0 Å². The highest BCUT2D eigenvalue weighted by Crippen LogP contribution is 2.09. The number of hydrogen-bond donors (Lipinski definition) is 0. The SMILES string of the molecule is C1=CC=c2oc3c(c2C=C1)CC=CC=3. The molecule has 0 atom stereocenters. The average Bonchev–Trinajstić information content (AvgIpc) is 2.42. The second-order valence-electron chi connectivity index (χ2n) is 3.43. The topological polar surface area (TPSA) is 13.1 Å². The van der Waals surface area contributed by atoms with Gasteiger partial charge in [-0.1, -0.05) is 36.5 Å². The average molecular weight is 182 g/mol. The highest BCUT2D eigenvalue weighted by Gasteiger charge is 2.09. The summed E-state index contributed by atoms with van der Waals surface area (Å²) in [5.41, 5.74) is 4.51. The maximum atomic E-state index is 5.74. The fourth-order valence-corrected chi connectivity index (χ4v) is 1.87. The molecule has 68 valence electrons. The predicted octanol–water partition coefficient (Wildman–Crippen LogP) is 1.54. The van der Waals surface area contributed by atoms with Crippen molar-refractivity contribution in [1.29, 1.82) is 0 Å². The number of fused-ring (bicyclic) bond motifs is 3. The van der Waals surface area contributed by atoms with Gasteiger partial charge in [0.2, 0.25) is 0 Å². The summed E-state index contributed by atoms with van der Waals surface area (Å²) in [6.45, 7) is 0. The van der Waals surface area contributed by atoms with Crippen molar-refractivity contribution in [2.24, 2.45) is 0 Å². The van der Waals surface area contributed by atoms with E-state index in [9.17, 15) is 0 Å². The lowest BCUT2D eigenvalue weighted by molar-refractivity contribution is 0.499. The van der Waals surface area contributed by atoms with E-state index in [-0.39, 0.29) is 0 Å². The Labute approximate surface area is 82.1 Å². The molecular formula is C13H10O. The molecule has 1 heteroatoms. The van der Waals surface area contributed by atoms with Gasteiger partial charge in [-0.15, -0.1) is 0 Å². The van der Waals surface area contributed by atoms with Gasteiger partial charge in [-0.2, -0.15) is 0 Å². The van der Waals surface area contributed by atoms with E-state index in [1.807, 2.05) is 30.4 Å². The van der Waals surface area contributed by atoms with Gasteiger partial charge in [0.1, 0.15) is 10.8 Å². The number of rotatable bonds is 0. The maximum absolute atomic E-state index is 5.74. The van der Waals surface area contributed by atoms with E-state index in [2.05, 4.69) is 18.2 Å². The molecule has 14 heavy (non-hydrogen) atoms. The van der Waals surface area contributed by atoms with Crippen molar-refractivity contribution in [3.05, 3.63) is 52.3 Å². The van der Waals surface area contributed by atoms with Crippen LogP contribution < -0.4 is 10.8 Å². The van der Waals surface area contributed by atoms with Crippen LogP contribution in [0.4, 0.5) is 0 Å². The van der Waals surface area contributed by atoms with Crippen LogP contribution in [0.15, 0.2) is 34.8 Å².